The van der Waals surface area contributed by atoms with Gasteiger partial charge in [0.05, 0.1) is 19.3 Å². The normalized spacial score (nSPS) is 38.3. The van der Waals surface area contributed by atoms with Crippen LogP contribution in [-0.2, 0) is 16.6 Å². The number of methoxy groups -OCH3 is 2. The van der Waals surface area contributed by atoms with E-state index in [0.717, 1.165) is 32.2 Å². The van der Waals surface area contributed by atoms with Crippen LogP contribution in [0.4, 0.5) is 0 Å². The van der Waals surface area contributed by atoms with Crippen molar-refractivity contribution in [2.24, 2.45) is 5.92 Å². The number of aliphatic hydroxyl groups excluding tert-OH is 1. The Morgan fingerprint density at radius 3 is 2.79 bits per heavy atom. The molecule has 1 aromatic rings. The molecule has 2 fully saturated rings. The molecule has 0 radical (unpaired) electrons. The fourth-order valence-electron chi connectivity index (χ4n) is 5.56. The average molecular weight is 333 g/mol. The second-order valence-corrected chi connectivity index (χ2v) is 7.73. The van der Waals surface area contributed by atoms with Gasteiger partial charge in [0.2, 0.25) is 0 Å². The van der Waals surface area contributed by atoms with Crippen LogP contribution in [0.25, 0.3) is 0 Å². The van der Waals surface area contributed by atoms with Gasteiger partial charge in [0, 0.05) is 18.6 Å². The standard InChI is InChI=1S/C19H27NO4/c1-20-5-4-19-10-18(24-3)16(22)8-13(19)14(20)6-11-7-15(21)17(23-2)9-12(11)19/h7,9,13-14,16,18,21-22H,4-6,8,10H2,1-3H3/t13-,14+,16+,18-,19-/m0/s1. The first-order chi connectivity index (χ1) is 11.5. The second kappa shape index (κ2) is 5.61. The van der Waals surface area contributed by atoms with Crippen LogP contribution in [0.15, 0.2) is 12.1 Å². The third-order valence-electron chi connectivity index (χ3n) is 6.81. The topological polar surface area (TPSA) is 62.2 Å². The molecule has 1 aliphatic heterocycles. The highest BCUT2D eigenvalue weighted by molar-refractivity contribution is 5.52. The molecule has 2 aliphatic carbocycles. The largest absolute Gasteiger partial charge is 0.504 e. The lowest BCUT2D eigenvalue weighted by Gasteiger charge is -2.60. The maximum Gasteiger partial charge on any atom is 0.160 e. The van der Waals surface area contributed by atoms with Crippen molar-refractivity contribution in [3.63, 3.8) is 0 Å². The Hall–Kier alpha value is -1.30. The van der Waals surface area contributed by atoms with E-state index < -0.39 is 6.10 Å². The summed E-state index contributed by atoms with van der Waals surface area (Å²) in [6.07, 6.45) is 3.05. The summed E-state index contributed by atoms with van der Waals surface area (Å²) < 4.78 is 11.0. The molecule has 5 nitrogen and oxygen atoms in total. The maximum atomic E-state index is 10.5. The number of aromatic hydroxyl groups is 1. The number of phenols is 1. The van der Waals surface area contributed by atoms with Crippen LogP contribution in [0.3, 0.4) is 0 Å². The number of hydrogen-bond donors (Lipinski definition) is 2. The Balaban J connectivity index is 1.88. The lowest BCUT2D eigenvalue weighted by atomic mass is 9.51. The van der Waals surface area contributed by atoms with Gasteiger partial charge in [-0.15, -0.1) is 0 Å². The van der Waals surface area contributed by atoms with Crippen molar-refractivity contribution >= 4 is 0 Å². The number of ether oxygens (including phenoxy) is 2. The Kier molecular flexibility index (Phi) is 3.79. The molecule has 2 N–H and O–H groups in total. The van der Waals surface area contributed by atoms with Gasteiger partial charge in [0.1, 0.15) is 0 Å². The van der Waals surface area contributed by atoms with Crippen LogP contribution in [-0.4, -0.2) is 61.2 Å². The molecule has 1 saturated carbocycles. The van der Waals surface area contributed by atoms with Crippen molar-refractivity contribution < 1.29 is 19.7 Å². The summed E-state index contributed by atoms with van der Waals surface area (Å²) in [6.45, 7) is 1.05. The minimum Gasteiger partial charge on any atom is -0.504 e. The molecule has 0 spiro atoms. The SMILES string of the molecule is COc1cc2c(cc1O)C[C@@H]1[C@@H]3C[C@@H](O)[C@@H](OC)C[C@@]23CCN1C. The molecule has 132 valence electrons. The van der Waals surface area contributed by atoms with Crippen LogP contribution in [0.5, 0.6) is 11.5 Å². The lowest BCUT2D eigenvalue weighted by molar-refractivity contribution is -0.114. The fraction of sp³-hybridized carbons (Fsp3) is 0.684. The van der Waals surface area contributed by atoms with E-state index in [1.165, 1.54) is 11.1 Å². The van der Waals surface area contributed by atoms with E-state index in [-0.39, 0.29) is 17.3 Å². The number of hydrogen-bond acceptors (Lipinski definition) is 5. The van der Waals surface area contributed by atoms with Crippen LogP contribution in [0.2, 0.25) is 0 Å². The van der Waals surface area contributed by atoms with E-state index in [1.54, 1.807) is 14.2 Å². The first-order valence-electron chi connectivity index (χ1n) is 8.81. The molecular formula is C19H27NO4. The van der Waals surface area contributed by atoms with Crippen LogP contribution >= 0.6 is 0 Å². The van der Waals surface area contributed by atoms with E-state index in [4.69, 9.17) is 9.47 Å². The van der Waals surface area contributed by atoms with E-state index in [2.05, 4.69) is 11.9 Å². The second-order valence-electron chi connectivity index (χ2n) is 7.73. The van der Waals surface area contributed by atoms with Crippen molar-refractivity contribution in [3.05, 3.63) is 23.3 Å². The number of piperidine rings is 1. The van der Waals surface area contributed by atoms with Gasteiger partial charge in [0.25, 0.3) is 0 Å². The molecule has 24 heavy (non-hydrogen) atoms. The fourth-order valence-corrected chi connectivity index (χ4v) is 5.56. The van der Waals surface area contributed by atoms with E-state index in [1.807, 2.05) is 12.1 Å². The highest BCUT2D eigenvalue weighted by Crippen LogP contribution is 2.57. The average Bonchev–Trinajstić information content (AvgIpc) is 2.57. The number of benzene rings is 1. The summed E-state index contributed by atoms with van der Waals surface area (Å²) in [7, 11) is 5.47. The number of nitrogens with zero attached hydrogens (tertiary/aromatic N) is 1. The number of likely N-dealkylation sites (tertiary alicyclic amines) is 1. The zero-order valence-corrected chi connectivity index (χ0v) is 14.7. The molecule has 5 atom stereocenters. The minimum absolute atomic E-state index is 0.00560. The van der Waals surface area contributed by atoms with Crippen molar-refractivity contribution in [1.82, 2.24) is 4.90 Å². The van der Waals surface area contributed by atoms with Crippen molar-refractivity contribution in [2.45, 2.75) is 49.3 Å². The number of phenolic OH excluding ortho intramolecular Hbond substituents is 1. The number of aliphatic hydroxyl groups is 1. The van der Waals surface area contributed by atoms with Gasteiger partial charge in [-0.3, -0.25) is 0 Å². The Morgan fingerprint density at radius 1 is 1.29 bits per heavy atom. The Bertz CT molecular complexity index is 648. The summed E-state index contributed by atoms with van der Waals surface area (Å²) in [6, 6.07) is 4.32. The molecule has 1 heterocycles. The first kappa shape index (κ1) is 16.2. The molecule has 0 aromatic heterocycles. The van der Waals surface area contributed by atoms with Gasteiger partial charge in [-0.2, -0.15) is 0 Å². The third kappa shape index (κ3) is 2.11. The van der Waals surface area contributed by atoms with E-state index in [9.17, 15) is 10.2 Å². The molecule has 5 heteroatoms. The highest BCUT2D eigenvalue weighted by Gasteiger charge is 2.57. The molecular weight excluding hydrogens is 306 g/mol. The quantitative estimate of drug-likeness (QED) is 0.862. The highest BCUT2D eigenvalue weighted by atomic mass is 16.5. The first-order valence-corrected chi connectivity index (χ1v) is 8.81. The molecule has 2 bridgehead atoms. The summed E-state index contributed by atoms with van der Waals surface area (Å²) in [5.74, 6) is 1.17. The van der Waals surface area contributed by atoms with Gasteiger partial charge in [-0.05, 0) is 68.5 Å². The van der Waals surface area contributed by atoms with Crippen molar-refractivity contribution in [2.75, 3.05) is 27.8 Å². The predicted octanol–water partition coefficient (Wildman–Crippen LogP) is 1.68. The van der Waals surface area contributed by atoms with Gasteiger partial charge in [0.15, 0.2) is 11.5 Å². The molecule has 4 rings (SSSR count). The van der Waals surface area contributed by atoms with Crippen molar-refractivity contribution in [3.8, 4) is 11.5 Å². The number of fused-ring (bicyclic) bond motifs is 1. The smallest absolute Gasteiger partial charge is 0.160 e. The molecule has 0 amide bonds. The molecule has 3 aliphatic rings. The summed E-state index contributed by atoms with van der Waals surface area (Å²) in [5.41, 5.74) is 2.51. The van der Waals surface area contributed by atoms with Gasteiger partial charge in [-0.25, -0.2) is 0 Å². The van der Waals surface area contributed by atoms with Gasteiger partial charge < -0.3 is 24.6 Å². The molecule has 1 saturated heterocycles. The van der Waals surface area contributed by atoms with E-state index in [0.29, 0.717) is 17.7 Å². The number of rotatable bonds is 2. The van der Waals surface area contributed by atoms with Crippen LogP contribution in [0.1, 0.15) is 30.4 Å². The lowest BCUT2D eigenvalue weighted by Crippen LogP contribution is -2.63. The van der Waals surface area contributed by atoms with Gasteiger partial charge in [-0.1, -0.05) is 0 Å². The van der Waals surface area contributed by atoms with Crippen molar-refractivity contribution in [1.29, 1.82) is 0 Å². The predicted molar refractivity (Wildman–Crippen MR) is 90.6 cm³/mol. The Morgan fingerprint density at radius 2 is 2.08 bits per heavy atom. The van der Waals surface area contributed by atoms with Gasteiger partial charge >= 0.3 is 0 Å². The summed E-state index contributed by atoms with van der Waals surface area (Å²) >= 11 is 0. The molecule has 1 aromatic carbocycles. The minimum atomic E-state index is -0.400. The Labute approximate surface area is 143 Å². The van der Waals surface area contributed by atoms with E-state index >= 15 is 0 Å². The monoisotopic (exact) mass is 333 g/mol. The number of likely N-dealkylation sites (N-methyl/N-ethyl adjacent to an activating group) is 1. The maximum absolute atomic E-state index is 10.5. The van der Waals surface area contributed by atoms with Crippen LogP contribution in [0, 0.1) is 5.92 Å². The molecule has 0 unspecified atom stereocenters. The third-order valence-corrected chi connectivity index (χ3v) is 6.81. The summed E-state index contributed by atoms with van der Waals surface area (Å²) in [4.78, 5) is 2.42. The van der Waals surface area contributed by atoms with Crippen LogP contribution < -0.4 is 4.74 Å². The zero-order valence-electron chi connectivity index (χ0n) is 14.7. The zero-order chi connectivity index (χ0) is 17.1. The summed E-state index contributed by atoms with van der Waals surface area (Å²) in [5, 5.41) is 20.8.